The van der Waals surface area contributed by atoms with E-state index in [1.165, 1.54) is 0 Å². The fourth-order valence-corrected chi connectivity index (χ4v) is 1.74. The topological polar surface area (TPSA) is 40.1 Å². The van der Waals surface area contributed by atoms with Gasteiger partial charge in [0.2, 0.25) is 0 Å². The molecule has 0 radical (unpaired) electrons. The Balaban J connectivity index is 3.37. The minimum absolute atomic E-state index is 0.104. The van der Waals surface area contributed by atoms with E-state index in [0.29, 0.717) is 12.2 Å². The lowest BCUT2D eigenvalue weighted by atomic mass is 10.4. The Morgan fingerprint density at radius 3 is 2.50 bits per heavy atom. The number of rotatable bonds is 5. The minimum atomic E-state index is -0.900. The summed E-state index contributed by atoms with van der Waals surface area (Å²) in [6.45, 7) is 3.76. The lowest BCUT2D eigenvalue weighted by Crippen LogP contribution is -2.17. The summed E-state index contributed by atoms with van der Waals surface area (Å²) in [5, 5.41) is 0. The summed E-state index contributed by atoms with van der Waals surface area (Å²) in [4.78, 5) is 10.7. The smallest absolute Gasteiger partial charge is 0.181 e. The number of Topliss-reactive ketones (excluding diaryl/α,β-unsaturated/α-hetero) is 1. The highest BCUT2D eigenvalue weighted by Gasteiger charge is 2.09. The van der Waals surface area contributed by atoms with Crippen LogP contribution in [0.1, 0.15) is 26.7 Å². The summed E-state index contributed by atoms with van der Waals surface area (Å²) in [6.07, 6.45) is 1.40. The number of carbonyl (C=O) groups is 1. The first-order chi connectivity index (χ1) is 4.70. The van der Waals surface area contributed by atoms with Crippen molar-refractivity contribution in [3.63, 3.8) is 0 Å². The van der Waals surface area contributed by atoms with Gasteiger partial charge in [-0.2, -0.15) is 0 Å². The lowest BCUT2D eigenvalue weighted by molar-refractivity contribution is -0.116. The maximum absolute atomic E-state index is 10.9. The van der Waals surface area contributed by atoms with E-state index < -0.39 is 11.2 Å². The van der Waals surface area contributed by atoms with E-state index in [2.05, 4.69) is 0 Å². The van der Waals surface area contributed by atoms with E-state index in [9.17, 15) is 9.35 Å². The molecule has 0 heterocycles. The van der Waals surface area contributed by atoms with Gasteiger partial charge in [0, 0.05) is 6.42 Å². The summed E-state index contributed by atoms with van der Waals surface area (Å²) >= 11 is -0.900. The van der Waals surface area contributed by atoms with Crippen LogP contribution >= 0.6 is 0 Å². The van der Waals surface area contributed by atoms with Crippen LogP contribution in [-0.2, 0) is 16.0 Å². The van der Waals surface area contributed by atoms with E-state index in [4.69, 9.17) is 0 Å². The van der Waals surface area contributed by atoms with Crippen LogP contribution < -0.4 is 0 Å². The van der Waals surface area contributed by atoms with E-state index in [-0.39, 0.29) is 11.5 Å². The molecule has 2 nitrogen and oxygen atoms in total. The lowest BCUT2D eigenvalue weighted by Gasteiger charge is -2.07. The Kier molecular flexibility index (Phi) is 5.73. The number of hydrogen-bond donors (Lipinski definition) is 0. The zero-order valence-electron chi connectivity index (χ0n) is 6.55. The van der Waals surface area contributed by atoms with Crippen molar-refractivity contribution in [3.8, 4) is 0 Å². The van der Waals surface area contributed by atoms with Gasteiger partial charge in [-0.1, -0.05) is 13.8 Å². The van der Waals surface area contributed by atoms with Gasteiger partial charge in [0.15, 0.2) is 11.5 Å². The van der Waals surface area contributed by atoms with Crippen LogP contribution in [0.25, 0.3) is 0 Å². The van der Waals surface area contributed by atoms with Gasteiger partial charge >= 0.3 is 0 Å². The molecule has 0 saturated carbocycles. The highest BCUT2D eigenvalue weighted by Crippen LogP contribution is 1.95. The average Bonchev–Trinajstić information content (AvgIpc) is 1.88. The Morgan fingerprint density at radius 2 is 2.10 bits per heavy atom. The molecule has 0 saturated heterocycles. The number of carbonyl (C=O) groups excluding carboxylic acids is 1. The number of ketones is 1. The predicted molar refractivity (Wildman–Crippen MR) is 43.5 cm³/mol. The molecule has 0 aromatic carbocycles. The molecule has 0 rings (SSSR count). The molecule has 0 aliphatic carbocycles. The van der Waals surface area contributed by atoms with Gasteiger partial charge in [0.05, 0.1) is 0 Å². The zero-order chi connectivity index (χ0) is 7.98. The van der Waals surface area contributed by atoms with Gasteiger partial charge in [-0.25, -0.2) is 0 Å². The molecule has 1 unspecified atom stereocenters. The van der Waals surface area contributed by atoms with E-state index in [1.54, 1.807) is 6.92 Å². The normalized spacial score (nSPS) is 13.1. The van der Waals surface area contributed by atoms with Gasteiger partial charge in [0.1, 0.15) is 5.75 Å². The zero-order valence-corrected chi connectivity index (χ0v) is 7.37. The molecule has 0 bridgehead atoms. The third kappa shape index (κ3) is 4.82. The third-order valence-corrected chi connectivity index (χ3v) is 2.66. The highest BCUT2D eigenvalue weighted by atomic mass is 32.2. The van der Waals surface area contributed by atoms with Crippen molar-refractivity contribution in [3.05, 3.63) is 0 Å². The fraction of sp³-hybridized carbons (Fsp3) is 0.857. The molecule has 10 heavy (non-hydrogen) atoms. The van der Waals surface area contributed by atoms with Crippen LogP contribution in [-0.4, -0.2) is 21.8 Å². The Morgan fingerprint density at radius 1 is 1.50 bits per heavy atom. The summed E-state index contributed by atoms with van der Waals surface area (Å²) < 4.78 is 10.9. The van der Waals surface area contributed by atoms with Crippen LogP contribution in [0.5, 0.6) is 0 Å². The first-order valence-corrected chi connectivity index (χ1v) is 5.06. The van der Waals surface area contributed by atoms with Gasteiger partial charge in [-0.3, -0.25) is 4.79 Å². The minimum Gasteiger partial charge on any atom is -0.616 e. The Bertz CT molecular complexity index is 104. The molecule has 0 aliphatic heterocycles. The monoisotopic (exact) mass is 162 g/mol. The summed E-state index contributed by atoms with van der Waals surface area (Å²) in [5.41, 5.74) is 0. The predicted octanol–water partition coefficient (Wildman–Crippen LogP) is 1.12. The molecular formula is C7H14O2S. The number of hydrogen-bond acceptors (Lipinski definition) is 2. The van der Waals surface area contributed by atoms with Crippen LogP contribution in [0.3, 0.4) is 0 Å². The molecule has 0 aliphatic rings. The maximum Gasteiger partial charge on any atom is 0.181 e. The summed E-state index contributed by atoms with van der Waals surface area (Å²) in [5.74, 6) is 1.02. The molecule has 0 aromatic rings. The van der Waals surface area contributed by atoms with Crippen molar-refractivity contribution in [2.45, 2.75) is 26.7 Å². The second-order valence-electron chi connectivity index (χ2n) is 2.18. The van der Waals surface area contributed by atoms with Crippen LogP contribution in [0, 0.1) is 0 Å². The standard InChI is InChI=1S/C7H14O2S/c1-3-5-10(9)6-7(8)4-2/h3-6H2,1-2H3. The van der Waals surface area contributed by atoms with Crippen LogP contribution in [0.2, 0.25) is 0 Å². The largest absolute Gasteiger partial charge is 0.616 e. The molecule has 0 aromatic heterocycles. The molecule has 0 spiro atoms. The van der Waals surface area contributed by atoms with Crippen molar-refractivity contribution in [2.24, 2.45) is 0 Å². The summed E-state index contributed by atoms with van der Waals surface area (Å²) in [6, 6.07) is 0. The second-order valence-corrected chi connectivity index (χ2v) is 3.76. The molecule has 1 atom stereocenters. The SMILES string of the molecule is CCC[S+]([O-])CC(=O)CC. The van der Waals surface area contributed by atoms with E-state index in [1.807, 2.05) is 6.92 Å². The van der Waals surface area contributed by atoms with Crippen molar-refractivity contribution >= 4 is 17.0 Å². The summed E-state index contributed by atoms with van der Waals surface area (Å²) in [7, 11) is 0. The molecule has 0 N–H and O–H groups in total. The van der Waals surface area contributed by atoms with Crippen molar-refractivity contribution in [1.29, 1.82) is 0 Å². The van der Waals surface area contributed by atoms with Crippen LogP contribution in [0.4, 0.5) is 0 Å². The molecular weight excluding hydrogens is 148 g/mol. The van der Waals surface area contributed by atoms with Crippen molar-refractivity contribution in [2.75, 3.05) is 11.5 Å². The van der Waals surface area contributed by atoms with E-state index in [0.717, 1.165) is 6.42 Å². The molecule has 0 fully saturated rings. The molecule has 60 valence electrons. The second kappa shape index (κ2) is 5.74. The maximum atomic E-state index is 10.9. The van der Waals surface area contributed by atoms with Crippen molar-refractivity contribution < 1.29 is 9.35 Å². The third-order valence-electron chi connectivity index (χ3n) is 1.15. The van der Waals surface area contributed by atoms with E-state index >= 15 is 0 Å². The molecule has 0 amide bonds. The van der Waals surface area contributed by atoms with Gasteiger partial charge in [0.25, 0.3) is 0 Å². The van der Waals surface area contributed by atoms with Crippen molar-refractivity contribution in [1.82, 2.24) is 0 Å². The first-order valence-electron chi connectivity index (χ1n) is 3.57. The first kappa shape index (κ1) is 9.98. The van der Waals surface area contributed by atoms with Gasteiger partial charge < -0.3 is 4.55 Å². The van der Waals surface area contributed by atoms with Gasteiger partial charge in [-0.15, -0.1) is 0 Å². The Labute approximate surface area is 65.2 Å². The highest BCUT2D eigenvalue weighted by molar-refractivity contribution is 7.92. The fourth-order valence-electron chi connectivity index (χ4n) is 0.581. The Hall–Kier alpha value is -0.0200. The van der Waals surface area contributed by atoms with Crippen LogP contribution in [0.15, 0.2) is 0 Å². The van der Waals surface area contributed by atoms with Gasteiger partial charge in [-0.05, 0) is 17.6 Å². The quantitative estimate of drug-likeness (QED) is 0.568. The average molecular weight is 162 g/mol. The molecule has 3 heteroatoms.